The average molecular weight is 218 g/mol. The van der Waals surface area contributed by atoms with Gasteiger partial charge in [0.15, 0.2) is 0 Å². The minimum Gasteiger partial charge on any atom is -0.374 e. The highest BCUT2D eigenvalue weighted by Crippen LogP contribution is 1.98. The fourth-order valence-corrected chi connectivity index (χ4v) is 1.21. The smallest absolute Gasteiger partial charge is 0.261 e. The predicted octanol–water partition coefficient (Wildman–Crippen LogP) is 1.40. The molecule has 0 spiro atoms. The first-order chi connectivity index (χ1) is 7.18. The molecule has 0 aliphatic rings. The molecule has 0 bridgehead atoms. The summed E-state index contributed by atoms with van der Waals surface area (Å²) in [5.74, 6) is 0. The third kappa shape index (κ3) is 5.49. The molecule has 0 aromatic carbocycles. The average Bonchev–Trinajstić information content (AvgIpc) is 2.57. The lowest BCUT2D eigenvalue weighted by atomic mass is 10.3. The second-order valence-corrected chi connectivity index (χ2v) is 3.33. The number of aryl methyl sites for hydroxylation is 1. The Labute approximate surface area is 88.0 Å². The number of alkyl halides is 2. The van der Waals surface area contributed by atoms with Crippen molar-refractivity contribution in [1.29, 1.82) is 0 Å². The van der Waals surface area contributed by atoms with Gasteiger partial charge in [-0.05, 0) is 11.6 Å². The van der Waals surface area contributed by atoms with Crippen molar-refractivity contribution < 1.29 is 13.5 Å². The summed E-state index contributed by atoms with van der Waals surface area (Å²) in [7, 11) is 1.95. The van der Waals surface area contributed by atoms with Crippen LogP contribution in [0.3, 0.4) is 0 Å². The van der Waals surface area contributed by atoms with Crippen LogP contribution in [0, 0.1) is 0 Å². The van der Waals surface area contributed by atoms with E-state index in [9.17, 15) is 8.78 Å². The van der Waals surface area contributed by atoms with E-state index in [0.717, 1.165) is 6.54 Å². The highest BCUT2D eigenvalue weighted by atomic mass is 19.3. The Balaban J connectivity index is 1.98. The standard InChI is InChI=1S/C10H16F2N2O/c1-14-4-2-9(7-14)6-13-3-5-15-8-10(11)12/h2,4,7,10,13H,3,5-6,8H2,1H3. The summed E-state index contributed by atoms with van der Waals surface area (Å²) >= 11 is 0. The van der Waals surface area contributed by atoms with Crippen LogP contribution in [-0.2, 0) is 18.3 Å². The van der Waals surface area contributed by atoms with Crippen molar-refractivity contribution in [2.75, 3.05) is 19.8 Å². The molecular weight excluding hydrogens is 202 g/mol. The lowest BCUT2D eigenvalue weighted by Gasteiger charge is -2.04. The van der Waals surface area contributed by atoms with E-state index in [1.165, 1.54) is 5.56 Å². The predicted molar refractivity (Wildman–Crippen MR) is 53.9 cm³/mol. The van der Waals surface area contributed by atoms with Crippen molar-refractivity contribution in [3.05, 3.63) is 24.0 Å². The molecular formula is C10H16F2N2O. The third-order valence-electron chi connectivity index (χ3n) is 1.89. The highest BCUT2D eigenvalue weighted by molar-refractivity contribution is 5.09. The molecule has 1 aromatic heterocycles. The van der Waals surface area contributed by atoms with Gasteiger partial charge in [-0.25, -0.2) is 8.78 Å². The quantitative estimate of drug-likeness (QED) is 0.700. The van der Waals surface area contributed by atoms with E-state index in [-0.39, 0.29) is 0 Å². The van der Waals surface area contributed by atoms with Gasteiger partial charge in [-0.15, -0.1) is 0 Å². The first-order valence-electron chi connectivity index (χ1n) is 4.86. The highest BCUT2D eigenvalue weighted by Gasteiger charge is 2.00. The van der Waals surface area contributed by atoms with Gasteiger partial charge in [0, 0.05) is 32.5 Å². The Morgan fingerprint density at radius 3 is 2.93 bits per heavy atom. The molecule has 0 fully saturated rings. The molecule has 0 aliphatic heterocycles. The molecule has 0 unspecified atom stereocenters. The first-order valence-corrected chi connectivity index (χ1v) is 4.86. The minimum atomic E-state index is -2.38. The zero-order valence-electron chi connectivity index (χ0n) is 8.75. The van der Waals surface area contributed by atoms with Crippen molar-refractivity contribution >= 4 is 0 Å². The Bertz CT molecular complexity index is 276. The van der Waals surface area contributed by atoms with Gasteiger partial charge in [0.2, 0.25) is 0 Å². The van der Waals surface area contributed by atoms with Gasteiger partial charge in [-0.3, -0.25) is 0 Å². The van der Waals surface area contributed by atoms with Crippen LogP contribution in [0.2, 0.25) is 0 Å². The van der Waals surface area contributed by atoms with Crippen LogP contribution in [0.25, 0.3) is 0 Å². The molecule has 86 valence electrons. The maximum Gasteiger partial charge on any atom is 0.261 e. The zero-order valence-corrected chi connectivity index (χ0v) is 8.75. The Kier molecular flexibility index (Phi) is 5.28. The summed E-state index contributed by atoms with van der Waals surface area (Å²) in [6, 6.07) is 2.01. The molecule has 1 aromatic rings. The minimum absolute atomic E-state index is 0.317. The summed E-state index contributed by atoms with van der Waals surface area (Å²) in [6.45, 7) is 1.16. The number of halogens is 2. The summed E-state index contributed by atoms with van der Waals surface area (Å²) in [6.07, 6.45) is 1.59. The summed E-state index contributed by atoms with van der Waals surface area (Å²) in [5.41, 5.74) is 1.17. The van der Waals surface area contributed by atoms with Gasteiger partial charge in [-0.2, -0.15) is 0 Å². The van der Waals surface area contributed by atoms with Crippen molar-refractivity contribution in [3.8, 4) is 0 Å². The van der Waals surface area contributed by atoms with Crippen LogP contribution in [0.1, 0.15) is 5.56 Å². The number of ether oxygens (including phenoxy) is 1. The lowest BCUT2D eigenvalue weighted by molar-refractivity contribution is 0.0187. The maximum absolute atomic E-state index is 11.7. The third-order valence-corrected chi connectivity index (χ3v) is 1.89. The fourth-order valence-electron chi connectivity index (χ4n) is 1.21. The number of hydrogen-bond donors (Lipinski definition) is 1. The molecule has 0 saturated carbocycles. The fraction of sp³-hybridized carbons (Fsp3) is 0.600. The van der Waals surface area contributed by atoms with Gasteiger partial charge in [-0.1, -0.05) is 0 Å². The van der Waals surface area contributed by atoms with E-state index in [4.69, 9.17) is 4.74 Å². The molecule has 1 N–H and O–H groups in total. The molecule has 1 rings (SSSR count). The molecule has 3 nitrogen and oxygen atoms in total. The topological polar surface area (TPSA) is 26.2 Å². The molecule has 5 heteroatoms. The maximum atomic E-state index is 11.7. The lowest BCUT2D eigenvalue weighted by Crippen LogP contribution is -2.20. The number of hydrogen-bond acceptors (Lipinski definition) is 2. The van der Waals surface area contributed by atoms with Gasteiger partial charge < -0.3 is 14.6 Å². The van der Waals surface area contributed by atoms with Crippen LogP contribution in [0.15, 0.2) is 18.5 Å². The molecule has 1 heterocycles. The van der Waals surface area contributed by atoms with E-state index in [0.29, 0.717) is 13.2 Å². The van der Waals surface area contributed by atoms with Crippen LogP contribution in [-0.4, -0.2) is 30.8 Å². The van der Waals surface area contributed by atoms with E-state index in [2.05, 4.69) is 5.32 Å². The normalized spacial score (nSPS) is 11.2. The second-order valence-electron chi connectivity index (χ2n) is 3.33. The van der Waals surface area contributed by atoms with Crippen molar-refractivity contribution in [2.24, 2.45) is 7.05 Å². The van der Waals surface area contributed by atoms with E-state index in [1.807, 2.05) is 30.1 Å². The molecule has 0 atom stereocenters. The van der Waals surface area contributed by atoms with Crippen LogP contribution < -0.4 is 5.32 Å². The van der Waals surface area contributed by atoms with E-state index < -0.39 is 13.0 Å². The molecule has 0 saturated heterocycles. The second kappa shape index (κ2) is 6.53. The summed E-state index contributed by atoms with van der Waals surface area (Å²) < 4.78 is 30.0. The number of nitrogens with zero attached hydrogens (tertiary/aromatic N) is 1. The Morgan fingerprint density at radius 2 is 2.33 bits per heavy atom. The number of aromatic nitrogens is 1. The largest absolute Gasteiger partial charge is 0.374 e. The Morgan fingerprint density at radius 1 is 1.53 bits per heavy atom. The summed E-state index contributed by atoms with van der Waals surface area (Å²) in [4.78, 5) is 0. The molecule has 15 heavy (non-hydrogen) atoms. The number of rotatable bonds is 7. The van der Waals surface area contributed by atoms with Gasteiger partial charge in [0.25, 0.3) is 6.43 Å². The molecule has 0 aliphatic carbocycles. The van der Waals surface area contributed by atoms with Crippen LogP contribution in [0.4, 0.5) is 8.78 Å². The molecule has 0 radical (unpaired) electrons. The SMILES string of the molecule is Cn1ccc(CNCCOCC(F)F)c1. The summed E-state index contributed by atoms with van der Waals surface area (Å²) in [5, 5.41) is 3.11. The van der Waals surface area contributed by atoms with Gasteiger partial charge in [0.05, 0.1) is 6.61 Å². The monoisotopic (exact) mass is 218 g/mol. The van der Waals surface area contributed by atoms with E-state index >= 15 is 0 Å². The van der Waals surface area contributed by atoms with Crippen LogP contribution >= 0.6 is 0 Å². The van der Waals surface area contributed by atoms with Gasteiger partial charge >= 0.3 is 0 Å². The van der Waals surface area contributed by atoms with Gasteiger partial charge in [0.1, 0.15) is 6.61 Å². The Hall–Kier alpha value is -0.940. The van der Waals surface area contributed by atoms with Crippen LogP contribution in [0.5, 0.6) is 0 Å². The van der Waals surface area contributed by atoms with Crippen molar-refractivity contribution in [2.45, 2.75) is 13.0 Å². The van der Waals surface area contributed by atoms with E-state index in [1.54, 1.807) is 0 Å². The van der Waals surface area contributed by atoms with Crippen molar-refractivity contribution in [3.63, 3.8) is 0 Å². The number of nitrogens with one attached hydrogen (secondary N) is 1. The van der Waals surface area contributed by atoms with Crippen molar-refractivity contribution in [1.82, 2.24) is 9.88 Å². The zero-order chi connectivity index (χ0) is 11.1. The molecule has 0 amide bonds. The first kappa shape index (κ1) is 12.1.